The Morgan fingerprint density at radius 3 is 2.40 bits per heavy atom. The van der Waals surface area contributed by atoms with Gasteiger partial charge in [-0.05, 0) is 24.1 Å². The van der Waals surface area contributed by atoms with Crippen LogP contribution in [0.5, 0.6) is 5.75 Å². The van der Waals surface area contributed by atoms with Crippen LogP contribution in [-0.2, 0) is 6.54 Å². The van der Waals surface area contributed by atoms with E-state index in [0.717, 1.165) is 13.0 Å². The van der Waals surface area contributed by atoms with Crippen LogP contribution < -0.4 is 16.2 Å². The van der Waals surface area contributed by atoms with Crippen LogP contribution in [0.1, 0.15) is 12.0 Å². The quantitative estimate of drug-likeness (QED) is 0.481. The molecule has 0 aliphatic carbocycles. The molecule has 0 bridgehead atoms. The maximum atomic E-state index is 12.1. The first-order valence-electron chi connectivity index (χ1n) is 7.22. The van der Waals surface area contributed by atoms with Crippen LogP contribution in [-0.4, -0.2) is 36.3 Å². The van der Waals surface area contributed by atoms with Gasteiger partial charge in [0.1, 0.15) is 5.75 Å². The van der Waals surface area contributed by atoms with Gasteiger partial charge in [0, 0.05) is 13.1 Å². The molecule has 1 aromatic rings. The van der Waals surface area contributed by atoms with E-state index in [-0.39, 0.29) is 36.6 Å². The Morgan fingerprint density at radius 1 is 1.16 bits per heavy atom. The Morgan fingerprint density at radius 2 is 1.84 bits per heavy atom. The van der Waals surface area contributed by atoms with Crippen molar-refractivity contribution in [3.05, 3.63) is 42.0 Å². The molecule has 1 aliphatic heterocycles. The molecule has 0 spiro atoms. The van der Waals surface area contributed by atoms with E-state index in [2.05, 4.69) is 20.8 Å². The second-order valence-electron chi connectivity index (χ2n) is 5.04. The fourth-order valence-electron chi connectivity index (χ4n) is 2.04. The lowest BCUT2D eigenvalue weighted by molar-refractivity contribution is -0.274. The van der Waals surface area contributed by atoms with E-state index in [1.807, 2.05) is 11.0 Å². The minimum Gasteiger partial charge on any atom is -0.406 e. The molecule has 0 unspecified atom stereocenters. The topological polar surface area (TPSA) is 89.2 Å². The van der Waals surface area contributed by atoms with Gasteiger partial charge in [-0.1, -0.05) is 24.3 Å². The molecule has 25 heavy (non-hydrogen) atoms. The van der Waals surface area contributed by atoms with Gasteiger partial charge in [0.15, 0.2) is 5.96 Å². The highest BCUT2D eigenvalue weighted by atomic mass is 35.5. The monoisotopic (exact) mass is 377 g/mol. The molecule has 1 aliphatic rings. The van der Waals surface area contributed by atoms with Gasteiger partial charge in [-0.15, -0.1) is 25.6 Å². The van der Waals surface area contributed by atoms with E-state index in [4.69, 9.17) is 11.5 Å². The molecule has 0 amide bonds. The van der Waals surface area contributed by atoms with Crippen molar-refractivity contribution in [1.82, 2.24) is 4.90 Å². The Hall–Kier alpha value is -2.42. The third kappa shape index (κ3) is 7.34. The first kappa shape index (κ1) is 20.6. The maximum absolute atomic E-state index is 12.1. The van der Waals surface area contributed by atoms with Gasteiger partial charge in [0.05, 0.1) is 6.54 Å². The first-order valence-corrected chi connectivity index (χ1v) is 7.22. The van der Waals surface area contributed by atoms with Gasteiger partial charge in [-0.25, -0.2) is 4.99 Å². The third-order valence-corrected chi connectivity index (χ3v) is 3.19. The molecule has 0 fully saturated rings. The fourth-order valence-corrected chi connectivity index (χ4v) is 2.04. The molecule has 1 heterocycles. The van der Waals surface area contributed by atoms with Crippen LogP contribution in [0.4, 0.5) is 13.2 Å². The van der Waals surface area contributed by atoms with Crippen molar-refractivity contribution in [1.29, 1.82) is 0 Å². The number of guanidine groups is 2. The van der Waals surface area contributed by atoms with Gasteiger partial charge in [0.25, 0.3) is 0 Å². The zero-order chi connectivity index (χ0) is 17.6. The Kier molecular flexibility index (Phi) is 7.56. The molecule has 1 aromatic carbocycles. The van der Waals surface area contributed by atoms with Gasteiger partial charge >= 0.3 is 6.36 Å². The lowest BCUT2D eigenvalue weighted by atomic mass is 10.2. The number of alkyl halides is 3. The lowest BCUT2D eigenvalue weighted by Crippen LogP contribution is -2.40. The van der Waals surface area contributed by atoms with Crippen molar-refractivity contribution in [2.45, 2.75) is 19.3 Å². The van der Waals surface area contributed by atoms with E-state index in [1.54, 1.807) is 0 Å². The lowest BCUT2D eigenvalue weighted by Gasteiger charge is -2.23. The number of halogens is 4. The zero-order valence-corrected chi connectivity index (χ0v) is 14.1. The summed E-state index contributed by atoms with van der Waals surface area (Å²) in [4.78, 5) is 9.94. The molecule has 0 saturated heterocycles. The van der Waals surface area contributed by atoms with Crippen LogP contribution in [0.3, 0.4) is 0 Å². The molecular weight excluding hydrogens is 359 g/mol. The summed E-state index contributed by atoms with van der Waals surface area (Å²) in [6.07, 6.45) is 0.233. The Bertz CT molecular complexity index is 644. The normalized spacial score (nSPS) is 15.7. The molecular formula is C15H19ClF3N5O. The highest BCUT2D eigenvalue weighted by Gasteiger charge is 2.30. The van der Waals surface area contributed by atoms with Gasteiger partial charge in [0.2, 0.25) is 5.96 Å². The van der Waals surface area contributed by atoms with Gasteiger partial charge < -0.3 is 21.1 Å². The molecule has 0 radical (unpaired) electrons. The highest BCUT2D eigenvalue weighted by Crippen LogP contribution is 2.22. The molecule has 10 heteroatoms. The van der Waals surface area contributed by atoms with Crippen LogP contribution in [0, 0.1) is 0 Å². The summed E-state index contributed by atoms with van der Waals surface area (Å²) in [6, 6.07) is 5.37. The molecule has 6 nitrogen and oxygen atoms in total. The summed E-state index contributed by atoms with van der Waals surface area (Å²) in [7, 11) is 0. The van der Waals surface area contributed by atoms with Gasteiger partial charge in [-0.3, -0.25) is 0 Å². The molecule has 4 N–H and O–H groups in total. The average Bonchev–Trinajstić information content (AvgIpc) is 2.53. The second-order valence-corrected chi connectivity index (χ2v) is 5.04. The van der Waals surface area contributed by atoms with E-state index >= 15 is 0 Å². The number of rotatable bonds is 3. The third-order valence-electron chi connectivity index (χ3n) is 3.19. The van der Waals surface area contributed by atoms with Gasteiger partial charge in [-0.2, -0.15) is 4.99 Å². The highest BCUT2D eigenvalue weighted by molar-refractivity contribution is 5.93. The predicted octanol–water partition coefficient (Wildman–Crippen LogP) is 2.40. The van der Waals surface area contributed by atoms with Crippen LogP contribution >= 0.6 is 12.4 Å². The van der Waals surface area contributed by atoms with Crippen molar-refractivity contribution in [3.63, 3.8) is 0 Å². The summed E-state index contributed by atoms with van der Waals surface area (Å²) in [5.74, 6) is 0.0100. The second kappa shape index (κ2) is 9.16. The summed E-state index contributed by atoms with van der Waals surface area (Å²) in [5, 5.41) is 0. The van der Waals surface area contributed by atoms with Crippen molar-refractivity contribution >= 4 is 24.3 Å². The number of nitrogens with zero attached hydrogens (tertiary/aromatic N) is 3. The minimum absolute atomic E-state index is 0. The largest absolute Gasteiger partial charge is 0.573 e. The molecule has 0 saturated carbocycles. The molecule has 138 valence electrons. The molecule has 2 rings (SSSR count). The van der Waals surface area contributed by atoms with Crippen molar-refractivity contribution in [3.8, 4) is 5.75 Å². The number of ether oxygens (including phenoxy) is 1. The van der Waals surface area contributed by atoms with Crippen LogP contribution in [0.2, 0.25) is 0 Å². The number of nitrogens with two attached hydrogens (primary N) is 2. The molecule has 0 aromatic heterocycles. The summed E-state index contributed by atoms with van der Waals surface area (Å²) < 4.78 is 40.0. The average molecular weight is 378 g/mol. The maximum Gasteiger partial charge on any atom is 0.573 e. The number of hydrogen-bond donors (Lipinski definition) is 2. The van der Waals surface area contributed by atoms with E-state index < -0.39 is 6.36 Å². The summed E-state index contributed by atoms with van der Waals surface area (Å²) >= 11 is 0. The Balaban J connectivity index is 0.00000312. The number of aliphatic imine (C=N–C) groups is 2. The fraction of sp³-hybridized carbons (Fsp3) is 0.333. The van der Waals surface area contributed by atoms with Crippen LogP contribution in [0.15, 0.2) is 46.4 Å². The minimum atomic E-state index is -4.71. The number of hydrogen-bond acceptors (Lipinski definition) is 2. The smallest absolute Gasteiger partial charge is 0.406 e. The van der Waals surface area contributed by atoms with Crippen molar-refractivity contribution in [2.24, 2.45) is 21.5 Å². The summed E-state index contributed by atoms with van der Waals surface area (Å²) in [6.45, 7) is 1.61. The van der Waals surface area contributed by atoms with E-state index in [9.17, 15) is 13.2 Å². The number of benzene rings is 1. The van der Waals surface area contributed by atoms with E-state index in [0.29, 0.717) is 12.1 Å². The van der Waals surface area contributed by atoms with Crippen molar-refractivity contribution in [2.75, 3.05) is 13.1 Å². The predicted molar refractivity (Wildman–Crippen MR) is 92.7 cm³/mol. The van der Waals surface area contributed by atoms with Crippen molar-refractivity contribution < 1.29 is 17.9 Å². The SMILES string of the molecule is Cl.NC(=NCc1ccc(OC(F)(F)F)cc1)N=C(N)N1CC=CCC1. The first-order chi connectivity index (χ1) is 11.3. The standard InChI is InChI=1S/C15H18F3N5O.ClH/c16-15(17,18)24-12-6-4-11(5-7-12)10-21-13(19)22-14(20)23-8-2-1-3-9-23;/h1-2,4-7H,3,8-10H2,(H4,19,20,21,22);1H. The van der Waals surface area contributed by atoms with Crippen LogP contribution in [0.25, 0.3) is 0 Å². The van der Waals surface area contributed by atoms with E-state index in [1.165, 1.54) is 24.3 Å². The molecule has 0 atom stereocenters. The Labute approximate surface area is 149 Å². The zero-order valence-electron chi connectivity index (χ0n) is 13.2. The summed E-state index contributed by atoms with van der Waals surface area (Å²) in [5.41, 5.74) is 12.2.